The first kappa shape index (κ1) is 17.5. The zero-order valence-corrected chi connectivity index (χ0v) is 13.5. The Morgan fingerprint density at radius 1 is 1.29 bits per heavy atom. The molecule has 0 aliphatic carbocycles. The van der Waals surface area contributed by atoms with Gasteiger partial charge in [0.1, 0.15) is 0 Å². The van der Waals surface area contributed by atoms with Crippen molar-refractivity contribution in [1.82, 2.24) is 10.2 Å². The van der Waals surface area contributed by atoms with Crippen LogP contribution in [-0.2, 0) is 9.59 Å². The van der Waals surface area contributed by atoms with Crippen molar-refractivity contribution in [3.8, 4) is 0 Å². The van der Waals surface area contributed by atoms with Crippen LogP contribution in [-0.4, -0.2) is 36.9 Å². The van der Waals surface area contributed by atoms with Crippen molar-refractivity contribution in [2.45, 2.75) is 13.3 Å². The van der Waals surface area contributed by atoms with Crippen LogP contribution in [0.5, 0.6) is 0 Å². The first-order valence-electron chi connectivity index (χ1n) is 6.59. The number of rotatable bonds is 6. The minimum atomic E-state index is -0.257. The van der Waals surface area contributed by atoms with Gasteiger partial charge in [-0.2, -0.15) is 0 Å². The van der Waals surface area contributed by atoms with Crippen molar-refractivity contribution >= 4 is 41.1 Å². The van der Waals surface area contributed by atoms with Crippen LogP contribution in [0.2, 0.25) is 10.0 Å². The van der Waals surface area contributed by atoms with Gasteiger partial charge in [-0.1, -0.05) is 36.2 Å². The predicted molar refractivity (Wildman–Crippen MR) is 86.4 cm³/mol. The van der Waals surface area contributed by atoms with Crippen molar-refractivity contribution in [3.63, 3.8) is 0 Å². The average Bonchev–Trinajstić information content (AvgIpc) is 2.45. The minimum Gasteiger partial charge on any atom is -0.355 e. The van der Waals surface area contributed by atoms with E-state index in [1.54, 1.807) is 31.3 Å². The normalized spacial score (nSPS) is 10.7. The van der Waals surface area contributed by atoms with Gasteiger partial charge in [0, 0.05) is 19.7 Å². The highest BCUT2D eigenvalue weighted by atomic mass is 35.5. The third-order valence-electron chi connectivity index (χ3n) is 2.69. The second kappa shape index (κ2) is 8.70. The summed E-state index contributed by atoms with van der Waals surface area (Å²) in [4.78, 5) is 24.7. The molecule has 0 unspecified atom stereocenters. The van der Waals surface area contributed by atoms with Gasteiger partial charge in [0.2, 0.25) is 11.8 Å². The van der Waals surface area contributed by atoms with Crippen LogP contribution >= 0.6 is 23.2 Å². The molecule has 114 valence electrons. The van der Waals surface area contributed by atoms with E-state index in [4.69, 9.17) is 23.2 Å². The van der Waals surface area contributed by atoms with E-state index >= 15 is 0 Å². The monoisotopic (exact) mass is 328 g/mol. The smallest absolute Gasteiger partial charge is 0.246 e. The van der Waals surface area contributed by atoms with E-state index in [1.165, 1.54) is 11.0 Å². The molecule has 1 N–H and O–H groups in total. The highest BCUT2D eigenvalue weighted by molar-refractivity contribution is 6.42. The largest absolute Gasteiger partial charge is 0.355 e. The van der Waals surface area contributed by atoms with Gasteiger partial charge >= 0.3 is 0 Å². The number of nitrogens with one attached hydrogen (secondary N) is 1. The van der Waals surface area contributed by atoms with Crippen LogP contribution < -0.4 is 5.32 Å². The highest BCUT2D eigenvalue weighted by Gasteiger charge is 2.09. The molecule has 0 saturated heterocycles. The van der Waals surface area contributed by atoms with Gasteiger partial charge < -0.3 is 10.2 Å². The molecular formula is C15H18Cl2N2O2. The maximum absolute atomic E-state index is 11.9. The molecule has 0 aliphatic rings. The van der Waals surface area contributed by atoms with Crippen LogP contribution in [0.15, 0.2) is 24.3 Å². The van der Waals surface area contributed by atoms with Crippen LogP contribution in [0, 0.1) is 0 Å². The van der Waals surface area contributed by atoms with Gasteiger partial charge in [-0.05, 0) is 30.2 Å². The predicted octanol–water partition coefficient (Wildman–Crippen LogP) is 2.99. The number of benzene rings is 1. The fraction of sp³-hybridized carbons (Fsp3) is 0.333. The minimum absolute atomic E-state index is 0.0323. The summed E-state index contributed by atoms with van der Waals surface area (Å²) in [6.45, 7) is 2.61. The van der Waals surface area contributed by atoms with Gasteiger partial charge in [0.15, 0.2) is 0 Å². The quantitative estimate of drug-likeness (QED) is 0.816. The summed E-state index contributed by atoms with van der Waals surface area (Å²) in [5.74, 6) is -0.427. The zero-order valence-electron chi connectivity index (χ0n) is 12.0. The van der Waals surface area contributed by atoms with E-state index in [1.807, 2.05) is 6.92 Å². The summed E-state index contributed by atoms with van der Waals surface area (Å²) in [6, 6.07) is 5.09. The molecule has 6 heteroatoms. The Kier molecular flexibility index (Phi) is 7.26. The topological polar surface area (TPSA) is 49.4 Å². The lowest BCUT2D eigenvalue weighted by molar-refractivity contribution is -0.131. The summed E-state index contributed by atoms with van der Waals surface area (Å²) >= 11 is 11.7. The molecule has 0 fully saturated rings. The van der Waals surface area contributed by atoms with Crippen LogP contribution in [0.25, 0.3) is 6.08 Å². The summed E-state index contributed by atoms with van der Waals surface area (Å²) < 4.78 is 0. The number of carbonyl (C=O) groups is 2. The number of nitrogens with zero attached hydrogens (tertiary/aromatic N) is 1. The Morgan fingerprint density at radius 2 is 2.00 bits per heavy atom. The second-order valence-corrected chi connectivity index (χ2v) is 5.37. The summed E-state index contributed by atoms with van der Waals surface area (Å²) in [7, 11) is 1.58. The van der Waals surface area contributed by atoms with Gasteiger partial charge in [0.05, 0.1) is 16.6 Å². The Balaban J connectivity index is 2.56. The molecular weight excluding hydrogens is 311 g/mol. The third kappa shape index (κ3) is 6.19. The number of carbonyl (C=O) groups excluding carboxylic acids is 2. The summed E-state index contributed by atoms with van der Waals surface area (Å²) in [5, 5.41) is 3.61. The van der Waals surface area contributed by atoms with E-state index < -0.39 is 0 Å². The van der Waals surface area contributed by atoms with Crippen molar-refractivity contribution in [1.29, 1.82) is 0 Å². The molecule has 0 bridgehead atoms. The zero-order chi connectivity index (χ0) is 15.8. The number of halogens is 2. The molecule has 2 amide bonds. The second-order valence-electron chi connectivity index (χ2n) is 4.55. The number of hydrogen-bond donors (Lipinski definition) is 1. The fourth-order valence-corrected chi connectivity index (χ4v) is 1.83. The van der Waals surface area contributed by atoms with E-state index in [-0.39, 0.29) is 18.4 Å². The average molecular weight is 329 g/mol. The van der Waals surface area contributed by atoms with Crippen molar-refractivity contribution < 1.29 is 9.59 Å². The van der Waals surface area contributed by atoms with Gasteiger partial charge in [-0.25, -0.2) is 0 Å². The van der Waals surface area contributed by atoms with E-state index in [9.17, 15) is 9.59 Å². The molecule has 0 spiro atoms. The van der Waals surface area contributed by atoms with Crippen molar-refractivity contribution in [2.24, 2.45) is 0 Å². The summed E-state index contributed by atoms with van der Waals surface area (Å²) in [6.07, 6.45) is 3.89. The van der Waals surface area contributed by atoms with Gasteiger partial charge in [-0.15, -0.1) is 0 Å². The lowest BCUT2D eigenvalue weighted by Crippen LogP contribution is -2.37. The molecule has 0 aliphatic heterocycles. The van der Waals surface area contributed by atoms with E-state index in [0.29, 0.717) is 16.6 Å². The third-order valence-corrected chi connectivity index (χ3v) is 3.43. The molecule has 0 aromatic heterocycles. The standard InChI is InChI=1S/C15H18Cl2N2O2/c1-3-8-18-14(20)10-19(2)15(21)7-5-11-4-6-12(16)13(17)9-11/h4-7,9H,3,8,10H2,1-2H3,(H,18,20)/b7-5+. The number of hydrogen-bond acceptors (Lipinski definition) is 2. The molecule has 1 aromatic rings. The lowest BCUT2D eigenvalue weighted by Gasteiger charge is -2.14. The van der Waals surface area contributed by atoms with Gasteiger partial charge in [-0.3, -0.25) is 9.59 Å². The highest BCUT2D eigenvalue weighted by Crippen LogP contribution is 2.23. The van der Waals surface area contributed by atoms with Crippen LogP contribution in [0.3, 0.4) is 0 Å². The Hall–Kier alpha value is -1.52. The Bertz CT molecular complexity index is 544. The lowest BCUT2D eigenvalue weighted by atomic mass is 10.2. The van der Waals surface area contributed by atoms with Crippen molar-refractivity contribution in [2.75, 3.05) is 20.1 Å². The first-order chi connectivity index (χ1) is 9.93. The molecule has 1 aromatic carbocycles. The maximum atomic E-state index is 11.9. The van der Waals surface area contributed by atoms with E-state index in [0.717, 1.165) is 12.0 Å². The molecule has 0 saturated carbocycles. The summed E-state index contributed by atoms with van der Waals surface area (Å²) in [5.41, 5.74) is 0.765. The van der Waals surface area contributed by atoms with Gasteiger partial charge in [0.25, 0.3) is 0 Å². The number of likely N-dealkylation sites (N-methyl/N-ethyl adjacent to an activating group) is 1. The molecule has 4 nitrogen and oxygen atoms in total. The molecule has 0 atom stereocenters. The molecule has 0 heterocycles. The SMILES string of the molecule is CCCNC(=O)CN(C)C(=O)/C=C/c1ccc(Cl)c(Cl)c1. The number of amides is 2. The molecule has 21 heavy (non-hydrogen) atoms. The Labute approximate surface area is 134 Å². The molecule has 1 rings (SSSR count). The maximum Gasteiger partial charge on any atom is 0.246 e. The van der Waals surface area contributed by atoms with Crippen LogP contribution in [0.1, 0.15) is 18.9 Å². The van der Waals surface area contributed by atoms with Crippen LogP contribution in [0.4, 0.5) is 0 Å². The van der Waals surface area contributed by atoms with E-state index in [2.05, 4.69) is 5.32 Å². The first-order valence-corrected chi connectivity index (χ1v) is 7.34. The fourth-order valence-electron chi connectivity index (χ4n) is 1.52. The van der Waals surface area contributed by atoms with Crippen molar-refractivity contribution in [3.05, 3.63) is 39.9 Å². The Morgan fingerprint density at radius 3 is 2.62 bits per heavy atom. The molecule has 0 radical (unpaired) electrons.